The van der Waals surface area contributed by atoms with Crippen molar-refractivity contribution in [3.63, 3.8) is 0 Å². The summed E-state index contributed by atoms with van der Waals surface area (Å²) in [5, 5.41) is 15.0. The van der Waals surface area contributed by atoms with E-state index in [1.54, 1.807) is 0 Å². The van der Waals surface area contributed by atoms with Gasteiger partial charge in [-0.3, -0.25) is 14.4 Å². The molecule has 0 saturated carbocycles. The van der Waals surface area contributed by atoms with Gasteiger partial charge < -0.3 is 26.2 Å². The van der Waals surface area contributed by atoms with E-state index in [2.05, 4.69) is 10.6 Å². The van der Waals surface area contributed by atoms with Crippen LogP contribution in [-0.4, -0.2) is 48.0 Å². The first-order valence-corrected chi connectivity index (χ1v) is 11.1. The van der Waals surface area contributed by atoms with Crippen LogP contribution in [0.4, 0.5) is 4.79 Å². The molecule has 2 atom stereocenters. The van der Waals surface area contributed by atoms with Gasteiger partial charge in [0.1, 0.15) is 18.6 Å². The number of hydrogen-bond acceptors (Lipinski definition) is 6. The zero-order chi connectivity index (χ0) is 24.8. The number of hydrogen-bond donors (Lipinski definition) is 4. The second-order valence-corrected chi connectivity index (χ2v) is 7.81. The summed E-state index contributed by atoms with van der Waals surface area (Å²) in [4.78, 5) is 47.9. The highest BCUT2D eigenvalue weighted by atomic mass is 16.5. The normalized spacial score (nSPS) is 12.3. The van der Waals surface area contributed by atoms with Crippen molar-refractivity contribution in [2.24, 2.45) is 11.7 Å². The number of amides is 3. The molecule has 0 radical (unpaired) electrons. The maximum atomic E-state index is 12.3. The molecule has 9 nitrogen and oxygen atoms in total. The summed E-state index contributed by atoms with van der Waals surface area (Å²) >= 11 is 0. The summed E-state index contributed by atoms with van der Waals surface area (Å²) in [6.07, 6.45) is -0.700. The van der Waals surface area contributed by atoms with Crippen LogP contribution >= 0.6 is 0 Å². The van der Waals surface area contributed by atoms with Crippen LogP contribution in [0.25, 0.3) is 0 Å². The van der Waals surface area contributed by atoms with E-state index < -0.39 is 42.3 Å². The lowest BCUT2D eigenvalue weighted by Gasteiger charge is -2.15. The molecule has 3 amide bonds. The molecular formula is C25H31N3O6. The first kappa shape index (κ1) is 26.5. The maximum absolute atomic E-state index is 12.3. The quantitative estimate of drug-likeness (QED) is 0.243. The molecule has 0 aromatic heterocycles. The highest BCUT2D eigenvalue weighted by molar-refractivity contribution is 6.01. The van der Waals surface area contributed by atoms with Crippen LogP contribution in [0.3, 0.4) is 0 Å². The summed E-state index contributed by atoms with van der Waals surface area (Å²) in [6.45, 7) is -0.0886. The van der Waals surface area contributed by atoms with Crippen molar-refractivity contribution in [1.82, 2.24) is 10.6 Å². The molecule has 0 aliphatic carbocycles. The van der Waals surface area contributed by atoms with Gasteiger partial charge in [-0.2, -0.15) is 0 Å². The maximum Gasteiger partial charge on any atom is 0.407 e. The van der Waals surface area contributed by atoms with Crippen molar-refractivity contribution in [2.75, 3.05) is 13.1 Å². The third-order valence-corrected chi connectivity index (χ3v) is 5.17. The highest BCUT2D eigenvalue weighted by Gasteiger charge is 2.25. The number of nitrogens with one attached hydrogen (secondary N) is 2. The third kappa shape index (κ3) is 9.83. The Labute approximate surface area is 198 Å². The van der Waals surface area contributed by atoms with Gasteiger partial charge >= 0.3 is 6.09 Å². The number of aliphatic hydroxyl groups excluding tert-OH is 1. The third-order valence-electron chi connectivity index (χ3n) is 5.17. The molecule has 9 heteroatoms. The fraction of sp³-hybridized carbons (Fsp3) is 0.360. The topological polar surface area (TPSA) is 148 Å². The molecule has 0 bridgehead atoms. The number of aryl methyl sites for hydroxylation is 1. The van der Waals surface area contributed by atoms with E-state index in [0.29, 0.717) is 12.8 Å². The first-order chi connectivity index (χ1) is 16.4. The Morgan fingerprint density at radius 2 is 1.50 bits per heavy atom. The van der Waals surface area contributed by atoms with Gasteiger partial charge in [0.25, 0.3) is 0 Å². The monoisotopic (exact) mass is 469 g/mol. The number of aliphatic hydroxyl groups is 1. The lowest BCUT2D eigenvalue weighted by Crippen LogP contribution is -2.43. The average molecular weight is 470 g/mol. The lowest BCUT2D eigenvalue weighted by molar-refractivity contribution is -0.136. The Balaban J connectivity index is 1.66. The van der Waals surface area contributed by atoms with E-state index in [1.807, 2.05) is 60.7 Å². The summed E-state index contributed by atoms with van der Waals surface area (Å²) in [6, 6.07) is 18.6. The van der Waals surface area contributed by atoms with Crippen LogP contribution in [0.2, 0.25) is 0 Å². The standard InChI is InChI=1S/C25H31N3O6/c26-23(31)20(12-7-15-27-25(33)34-17-19-10-5-2-6-11-19)24(32)28-16-22(30)21(29)14-13-18-8-3-1-4-9-18/h1-6,8-11,20-21,29H,7,12-17H2,(H2,26,31)(H,27,33)(H,28,32). The van der Waals surface area contributed by atoms with E-state index >= 15 is 0 Å². The van der Waals surface area contributed by atoms with Crippen molar-refractivity contribution in [3.8, 4) is 0 Å². The van der Waals surface area contributed by atoms with E-state index in [1.165, 1.54) is 0 Å². The second kappa shape index (κ2) is 14.4. The van der Waals surface area contributed by atoms with Gasteiger partial charge in [-0.15, -0.1) is 0 Å². The first-order valence-electron chi connectivity index (χ1n) is 11.1. The van der Waals surface area contributed by atoms with E-state index in [4.69, 9.17) is 10.5 Å². The summed E-state index contributed by atoms with van der Waals surface area (Å²) in [5.74, 6) is -3.23. The fourth-order valence-electron chi connectivity index (χ4n) is 3.20. The Morgan fingerprint density at radius 3 is 2.12 bits per heavy atom. The Morgan fingerprint density at radius 1 is 0.882 bits per heavy atom. The van der Waals surface area contributed by atoms with Gasteiger partial charge in [0, 0.05) is 6.54 Å². The Bertz CT molecular complexity index is 936. The minimum Gasteiger partial charge on any atom is -0.445 e. The van der Waals surface area contributed by atoms with Gasteiger partial charge in [0.05, 0.1) is 6.54 Å². The van der Waals surface area contributed by atoms with Crippen molar-refractivity contribution in [2.45, 2.75) is 38.4 Å². The number of primary amides is 1. The minimum atomic E-state index is -1.22. The number of rotatable bonds is 14. The zero-order valence-corrected chi connectivity index (χ0v) is 18.9. The van der Waals surface area contributed by atoms with Crippen LogP contribution in [0.5, 0.6) is 0 Å². The molecule has 182 valence electrons. The van der Waals surface area contributed by atoms with Gasteiger partial charge in [-0.1, -0.05) is 60.7 Å². The largest absolute Gasteiger partial charge is 0.445 e. The molecule has 2 unspecified atom stereocenters. The van der Waals surface area contributed by atoms with Crippen LogP contribution in [0.1, 0.15) is 30.4 Å². The lowest BCUT2D eigenvalue weighted by atomic mass is 10.0. The predicted octanol–water partition coefficient (Wildman–Crippen LogP) is 1.47. The van der Waals surface area contributed by atoms with E-state index in [-0.39, 0.29) is 26.0 Å². The Kier molecular flexibility index (Phi) is 11.3. The smallest absolute Gasteiger partial charge is 0.407 e. The Hall–Kier alpha value is -3.72. The molecule has 0 spiro atoms. The molecule has 2 aromatic rings. The number of alkyl carbamates (subject to hydrolysis) is 1. The molecule has 0 heterocycles. The molecule has 34 heavy (non-hydrogen) atoms. The van der Waals surface area contributed by atoms with E-state index in [0.717, 1.165) is 11.1 Å². The number of nitrogens with two attached hydrogens (primary N) is 1. The van der Waals surface area contributed by atoms with Crippen molar-refractivity contribution < 1.29 is 29.0 Å². The average Bonchev–Trinajstić information content (AvgIpc) is 2.85. The number of Topliss-reactive ketones (excluding diaryl/α,β-unsaturated/α-hetero) is 1. The molecule has 0 aliphatic rings. The van der Waals surface area contributed by atoms with Crippen LogP contribution < -0.4 is 16.4 Å². The predicted molar refractivity (Wildman–Crippen MR) is 125 cm³/mol. The van der Waals surface area contributed by atoms with Gasteiger partial charge in [0.2, 0.25) is 11.8 Å². The molecule has 5 N–H and O–H groups in total. The number of carbonyl (C=O) groups is 4. The number of ketones is 1. The number of carbonyl (C=O) groups excluding carboxylic acids is 4. The fourth-order valence-corrected chi connectivity index (χ4v) is 3.20. The SMILES string of the molecule is NC(=O)C(CCCNC(=O)OCc1ccccc1)C(=O)NCC(=O)C(O)CCc1ccccc1. The number of benzene rings is 2. The van der Waals surface area contributed by atoms with Crippen molar-refractivity contribution in [1.29, 1.82) is 0 Å². The van der Waals surface area contributed by atoms with Crippen molar-refractivity contribution >= 4 is 23.7 Å². The second-order valence-electron chi connectivity index (χ2n) is 7.81. The summed E-state index contributed by atoms with van der Waals surface area (Å²) < 4.78 is 5.08. The highest BCUT2D eigenvalue weighted by Crippen LogP contribution is 2.08. The van der Waals surface area contributed by atoms with Gasteiger partial charge in [-0.05, 0) is 36.8 Å². The number of ether oxygens (including phenoxy) is 1. The summed E-state index contributed by atoms with van der Waals surface area (Å²) in [5.41, 5.74) is 7.16. The molecule has 0 saturated heterocycles. The molecule has 0 fully saturated rings. The van der Waals surface area contributed by atoms with Crippen molar-refractivity contribution in [3.05, 3.63) is 71.8 Å². The molecule has 2 rings (SSSR count). The van der Waals surface area contributed by atoms with Crippen LogP contribution in [0, 0.1) is 5.92 Å². The molecular weight excluding hydrogens is 438 g/mol. The van der Waals surface area contributed by atoms with Gasteiger partial charge in [0.15, 0.2) is 5.78 Å². The van der Waals surface area contributed by atoms with Crippen LogP contribution in [-0.2, 0) is 32.1 Å². The summed E-state index contributed by atoms with van der Waals surface area (Å²) in [7, 11) is 0. The minimum absolute atomic E-state index is 0.0882. The van der Waals surface area contributed by atoms with Gasteiger partial charge in [-0.25, -0.2) is 4.79 Å². The zero-order valence-electron chi connectivity index (χ0n) is 18.9. The molecule has 0 aliphatic heterocycles. The van der Waals surface area contributed by atoms with Crippen LogP contribution in [0.15, 0.2) is 60.7 Å². The van der Waals surface area contributed by atoms with E-state index in [9.17, 15) is 24.3 Å². The molecule has 2 aromatic carbocycles.